The van der Waals surface area contributed by atoms with E-state index < -0.39 is 45.6 Å². The van der Waals surface area contributed by atoms with Crippen molar-refractivity contribution >= 4 is 17.3 Å². The third kappa shape index (κ3) is 5.38. The van der Waals surface area contributed by atoms with Crippen LogP contribution < -0.4 is 10.5 Å². The van der Waals surface area contributed by atoms with Gasteiger partial charge in [-0.05, 0) is 77.3 Å². The van der Waals surface area contributed by atoms with E-state index in [0.717, 1.165) is 18.9 Å². The molecule has 31 heavy (non-hydrogen) atoms. The van der Waals surface area contributed by atoms with Gasteiger partial charge in [-0.1, -0.05) is 0 Å². The number of rotatable bonds is 6. The molecule has 1 aromatic carbocycles. The topological polar surface area (TPSA) is 81.4 Å². The summed E-state index contributed by atoms with van der Waals surface area (Å²) in [5, 5.41) is 0. The second-order valence-electron chi connectivity index (χ2n) is 9.82. The molecule has 2 fully saturated rings. The zero-order chi connectivity index (χ0) is 23.1. The summed E-state index contributed by atoms with van der Waals surface area (Å²) < 4.78 is 57.0. The molecule has 0 aromatic heterocycles. The summed E-state index contributed by atoms with van der Waals surface area (Å²) in [5.41, 5.74) is 5.87. The van der Waals surface area contributed by atoms with Crippen LogP contribution in [0.3, 0.4) is 0 Å². The lowest BCUT2D eigenvalue weighted by atomic mass is 9.82. The summed E-state index contributed by atoms with van der Waals surface area (Å²) in [7, 11) is 0. The molecule has 0 saturated carbocycles. The van der Waals surface area contributed by atoms with Crippen LogP contribution in [0.4, 0.5) is 13.2 Å². The van der Waals surface area contributed by atoms with Gasteiger partial charge in [0.15, 0.2) is 11.6 Å². The van der Waals surface area contributed by atoms with Gasteiger partial charge in [-0.25, -0.2) is 13.2 Å². The lowest BCUT2D eigenvalue weighted by molar-refractivity contribution is -0.137. The highest BCUT2D eigenvalue weighted by molar-refractivity contribution is 7.90. The van der Waals surface area contributed by atoms with Crippen LogP contribution in [0.25, 0.3) is 0 Å². The number of carbonyl (C=O) groups excluding carboxylic acids is 1. The monoisotopic (exact) mass is 459 g/mol. The Morgan fingerprint density at radius 3 is 2.26 bits per heavy atom. The molecule has 2 heterocycles. The van der Waals surface area contributed by atoms with Crippen molar-refractivity contribution in [2.75, 3.05) is 0 Å². The average Bonchev–Trinajstić information content (AvgIpc) is 2.92. The number of piperidine rings is 1. The van der Waals surface area contributed by atoms with Gasteiger partial charge in [-0.3, -0.25) is 4.79 Å². The Labute approximate surface area is 185 Å². The molecule has 0 aliphatic carbocycles. The molecule has 1 amide bonds. The van der Waals surface area contributed by atoms with Gasteiger partial charge in [-0.15, -0.1) is 4.72 Å². The number of benzene rings is 1. The van der Waals surface area contributed by atoms with E-state index in [1.54, 1.807) is 6.92 Å². The Morgan fingerprint density at radius 2 is 1.74 bits per heavy atom. The molecule has 5 nitrogen and oxygen atoms in total. The summed E-state index contributed by atoms with van der Waals surface area (Å²) in [6.45, 7) is 7.17. The summed E-state index contributed by atoms with van der Waals surface area (Å²) in [6.07, 6.45) is 3.15. The first-order chi connectivity index (χ1) is 14.4. The first kappa shape index (κ1) is 24.4. The summed E-state index contributed by atoms with van der Waals surface area (Å²) in [6, 6.07) is 0.515. The van der Waals surface area contributed by atoms with Crippen molar-refractivity contribution in [2.45, 2.75) is 88.7 Å². The van der Waals surface area contributed by atoms with Crippen molar-refractivity contribution in [3.05, 3.63) is 35.1 Å². The Kier molecular flexibility index (Phi) is 7.30. The second-order valence-corrected chi connectivity index (χ2v) is 11.8. The zero-order valence-corrected chi connectivity index (χ0v) is 19.3. The molecule has 3 rings (SSSR count). The lowest BCUT2D eigenvalue weighted by Crippen LogP contribution is -2.56. The predicted molar refractivity (Wildman–Crippen MR) is 115 cm³/mol. The molecule has 6 atom stereocenters. The lowest BCUT2D eigenvalue weighted by Gasteiger charge is -2.43. The molecule has 3 N–H and O–H groups in total. The Morgan fingerprint density at radius 1 is 1.19 bits per heavy atom. The molecule has 1 aromatic rings. The van der Waals surface area contributed by atoms with Crippen molar-refractivity contribution < 1.29 is 22.5 Å². The number of halogens is 3. The molecule has 2 unspecified atom stereocenters. The Bertz CT molecular complexity index is 804. The largest absolute Gasteiger partial charge is 0.598 e. The number of nitrogens with zero attached hydrogens (tertiary/aromatic N) is 1. The van der Waals surface area contributed by atoms with Crippen LogP contribution in [0.5, 0.6) is 0 Å². The normalized spacial score (nSPS) is 26.6. The van der Waals surface area contributed by atoms with E-state index in [0.29, 0.717) is 18.9 Å². The molecule has 0 spiro atoms. The van der Waals surface area contributed by atoms with Crippen LogP contribution in [0, 0.1) is 23.4 Å². The van der Waals surface area contributed by atoms with Gasteiger partial charge < -0.3 is 15.2 Å². The van der Waals surface area contributed by atoms with E-state index in [-0.39, 0.29) is 35.9 Å². The van der Waals surface area contributed by atoms with Crippen molar-refractivity contribution in [3.63, 3.8) is 0 Å². The summed E-state index contributed by atoms with van der Waals surface area (Å²) in [5.74, 6) is -3.22. The third-order valence-corrected chi connectivity index (χ3v) is 7.96. The maximum Gasteiger partial charge on any atom is 0.239 e. The van der Waals surface area contributed by atoms with Crippen LogP contribution in [0.15, 0.2) is 12.1 Å². The number of fused-ring (bicyclic) bond motifs is 2. The van der Waals surface area contributed by atoms with Gasteiger partial charge in [-0.2, -0.15) is 0 Å². The molecular formula is C22H32F3N3O2S. The van der Waals surface area contributed by atoms with Crippen LogP contribution in [-0.2, 0) is 22.6 Å². The van der Waals surface area contributed by atoms with Crippen LogP contribution >= 0.6 is 0 Å². The number of hydrogen-bond donors (Lipinski definition) is 2. The Balaban J connectivity index is 1.84. The molecule has 2 aliphatic rings. The zero-order valence-electron chi connectivity index (χ0n) is 18.5. The molecule has 2 aliphatic heterocycles. The van der Waals surface area contributed by atoms with E-state index in [1.165, 1.54) is 0 Å². The number of carbonyl (C=O) groups is 1. The van der Waals surface area contributed by atoms with Crippen molar-refractivity contribution in [1.82, 2.24) is 9.62 Å². The van der Waals surface area contributed by atoms with Gasteiger partial charge >= 0.3 is 0 Å². The molecule has 9 heteroatoms. The molecule has 2 saturated heterocycles. The van der Waals surface area contributed by atoms with E-state index in [2.05, 4.69) is 4.72 Å². The fourth-order valence-electron chi connectivity index (χ4n) is 4.72. The molecule has 0 radical (unpaired) electrons. The molecule has 2 bridgehead atoms. The first-order valence-electron chi connectivity index (χ1n) is 10.8. The minimum absolute atomic E-state index is 0.00782. The van der Waals surface area contributed by atoms with Crippen molar-refractivity contribution in [2.24, 2.45) is 11.7 Å². The van der Waals surface area contributed by atoms with E-state index in [9.17, 15) is 22.5 Å². The first-order valence-corrected chi connectivity index (χ1v) is 11.9. The van der Waals surface area contributed by atoms with E-state index >= 15 is 0 Å². The van der Waals surface area contributed by atoms with Crippen LogP contribution in [0.1, 0.15) is 58.9 Å². The Hall–Kier alpha value is -1.29. The highest BCUT2D eigenvalue weighted by Gasteiger charge is 2.46. The van der Waals surface area contributed by atoms with Crippen molar-refractivity contribution in [1.29, 1.82) is 0 Å². The quantitative estimate of drug-likeness (QED) is 0.506. The third-order valence-electron chi connectivity index (χ3n) is 6.33. The molecule has 174 valence electrons. The van der Waals surface area contributed by atoms with E-state index in [1.807, 2.05) is 25.7 Å². The van der Waals surface area contributed by atoms with Crippen LogP contribution in [-0.4, -0.2) is 44.3 Å². The van der Waals surface area contributed by atoms with Gasteiger partial charge in [0, 0.05) is 29.5 Å². The van der Waals surface area contributed by atoms with Crippen molar-refractivity contribution in [3.8, 4) is 0 Å². The second kappa shape index (κ2) is 9.29. The predicted octanol–water partition coefficient (Wildman–Crippen LogP) is 3.18. The highest BCUT2D eigenvalue weighted by Crippen LogP contribution is 2.41. The standard InChI is InChI=1S/C22H32F3N3O2S/c1-12(26)21(29)28-15-5-6-16(28)8-14(7-15)20(27-31(30)22(2,3)4)10-13-9-18(24)19(25)11-17(13)23/h9,11-12,14-16,20,27H,5-8,10,26H2,1-4H3/t12?,14-,15-,16+,20-,31?/m1/s1. The van der Waals surface area contributed by atoms with Gasteiger partial charge in [0.05, 0.1) is 12.1 Å². The SMILES string of the molecule is CC(N)C(=O)N1[C@@H]2CC[C@H]1C[C@H]([C@@H](Cc1cc(F)c(F)cc1F)N[S+]([O-])C(C)(C)C)C2. The van der Waals surface area contributed by atoms with Gasteiger partial charge in [0.2, 0.25) is 5.91 Å². The summed E-state index contributed by atoms with van der Waals surface area (Å²) in [4.78, 5) is 14.4. The number of amides is 1. The number of hydrogen-bond acceptors (Lipinski definition) is 4. The summed E-state index contributed by atoms with van der Waals surface area (Å²) >= 11 is -1.43. The molecular weight excluding hydrogens is 427 g/mol. The smallest absolute Gasteiger partial charge is 0.239 e. The number of nitrogens with one attached hydrogen (secondary N) is 1. The average molecular weight is 460 g/mol. The maximum atomic E-state index is 14.4. The maximum absolute atomic E-state index is 14.4. The minimum atomic E-state index is -1.43. The number of nitrogens with two attached hydrogens (primary N) is 1. The fourth-order valence-corrected chi connectivity index (χ4v) is 5.62. The minimum Gasteiger partial charge on any atom is -0.598 e. The van der Waals surface area contributed by atoms with Crippen LogP contribution in [0.2, 0.25) is 0 Å². The van der Waals surface area contributed by atoms with Gasteiger partial charge in [0.25, 0.3) is 0 Å². The van der Waals surface area contributed by atoms with Gasteiger partial charge in [0.1, 0.15) is 10.6 Å². The highest BCUT2D eigenvalue weighted by atomic mass is 32.2. The fraction of sp³-hybridized carbons (Fsp3) is 0.682. The van der Waals surface area contributed by atoms with E-state index in [4.69, 9.17) is 5.73 Å².